The fraction of sp³-hybridized carbons (Fsp3) is 0.769. The molecule has 0 radical (unpaired) electrons. The number of nitrogens with one attached hydrogen (secondary N) is 1. The zero-order valence-corrected chi connectivity index (χ0v) is 11.8. The second-order valence-electron chi connectivity index (χ2n) is 5.34. The lowest BCUT2D eigenvalue weighted by Crippen LogP contribution is -2.39. The molecule has 102 valence electrons. The van der Waals surface area contributed by atoms with Crippen LogP contribution >= 0.6 is 12.4 Å². The summed E-state index contributed by atoms with van der Waals surface area (Å²) in [5.74, 6) is 1.81. The molecule has 2 aliphatic rings. The molecule has 0 bridgehead atoms. The standard InChI is InChI=1S/C13H22N4.ClH/c1-2-17-13(3-5-15-17)10-16-6-4-11-7-14-8-12(11)9-16;/h3,5,11-12,14H,2,4,6-10H2,1H3;1H. The van der Waals surface area contributed by atoms with Gasteiger partial charge in [0.2, 0.25) is 0 Å². The largest absolute Gasteiger partial charge is 0.316 e. The van der Waals surface area contributed by atoms with Gasteiger partial charge in [-0.05, 0) is 50.9 Å². The zero-order chi connectivity index (χ0) is 11.7. The van der Waals surface area contributed by atoms with E-state index < -0.39 is 0 Å². The van der Waals surface area contributed by atoms with Gasteiger partial charge in [0.25, 0.3) is 0 Å². The van der Waals surface area contributed by atoms with E-state index in [2.05, 4.69) is 33.0 Å². The summed E-state index contributed by atoms with van der Waals surface area (Å²) >= 11 is 0. The van der Waals surface area contributed by atoms with Gasteiger partial charge in [0.15, 0.2) is 0 Å². The molecule has 18 heavy (non-hydrogen) atoms. The van der Waals surface area contributed by atoms with E-state index in [4.69, 9.17) is 0 Å². The molecule has 0 aliphatic carbocycles. The van der Waals surface area contributed by atoms with Crippen LogP contribution in [-0.2, 0) is 13.1 Å². The first-order valence-electron chi connectivity index (χ1n) is 6.80. The van der Waals surface area contributed by atoms with Gasteiger partial charge >= 0.3 is 0 Å². The maximum absolute atomic E-state index is 4.34. The molecular formula is C13H23ClN4. The first-order chi connectivity index (χ1) is 8.36. The van der Waals surface area contributed by atoms with E-state index in [1.165, 1.54) is 38.3 Å². The molecule has 3 heterocycles. The second-order valence-corrected chi connectivity index (χ2v) is 5.34. The van der Waals surface area contributed by atoms with Crippen LogP contribution in [-0.4, -0.2) is 40.9 Å². The molecule has 0 saturated carbocycles. The van der Waals surface area contributed by atoms with Crippen LogP contribution in [0.5, 0.6) is 0 Å². The van der Waals surface area contributed by atoms with E-state index in [0.717, 1.165) is 24.9 Å². The Morgan fingerprint density at radius 2 is 2.22 bits per heavy atom. The Kier molecular flexibility index (Phi) is 4.65. The van der Waals surface area contributed by atoms with Crippen LogP contribution in [0.3, 0.4) is 0 Å². The number of hydrogen-bond acceptors (Lipinski definition) is 3. The molecule has 2 atom stereocenters. The lowest BCUT2D eigenvalue weighted by Gasteiger charge is -2.34. The van der Waals surface area contributed by atoms with Crippen molar-refractivity contribution >= 4 is 12.4 Å². The van der Waals surface area contributed by atoms with Gasteiger partial charge in [-0.3, -0.25) is 9.58 Å². The Labute approximate surface area is 115 Å². The third kappa shape index (κ3) is 2.71. The van der Waals surface area contributed by atoms with Crippen LogP contribution in [0.2, 0.25) is 0 Å². The van der Waals surface area contributed by atoms with Crippen molar-refractivity contribution < 1.29 is 0 Å². The van der Waals surface area contributed by atoms with E-state index in [-0.39, 0.29) is 12.4 Å². The van der Waals surface area contributed by atoms with E-state index in [9.17, 15) is 0 Å². The Balaban J connectivity index is 0.00000120. The summed E-state index contributed by atoms with van der Waals surface area (Å²) < 4.78 is 2.11. The summed E-state index contributed by atoms with van der Waals surface area (Å²) in [6, 6.07) is 2.16. The fourth-order valence-electron chi connectivity index (χ4n) is 3.26. The Morgan fingerprint density at radius 3 is 3.06 bits per heavy atom. The summed E-state index contributed by atoms with van der Waals surface area (Å²) in [4.78, 5) is 2.59. The highest BCUT2D eigenvalue weighted by Gasteiger charge is 2.32. The quantitative estimate of drug-likeness (QED) is 0.901. The van der Waals surface area contributed by atoms with Crippen LogP contribution in [0, 0.1) is 11.8 Å². The molecule has 4 nitrogen and oxygen atoms in total. The minimum Gasteiger partial charge on any atom is -0.316 e. The van der Waals surface area contributed by atoms with E-state index in [1.807, 2.05) is 6.20 Å². The molecule has 2 fully saturated rings. The number of piperidine rings is 1. The van der Waals surface area contributed by atoms with Crippen LogP contribution in [0.1, 0.15) is 19.0 Å². The van der Waals surface area contributed by atoms with Crippen LogP contribution < -0.4 is 5.32 Å². The Hall–Kier alpha value is -0.580. The van der Waals surface area contributed by atoms with Crippen molar-refractivity contribution in [3.63, 3.8) is 0 Å². The molecule has 0 aromatic carbocycles. The average molecular weight is 271 g/mol. The van der Waals surface area contributed by atoms with Crippen molar-refractivity contribution in [2.24, 2.45) is 11.8 Å². The molecular weight excluding hydrogens is 248 g/mol. The molecule has 1 N–H and O–H groups in total. The number of hydrogen-bond donors (Lipinski definition) is 1. The topological polar surface area (TPSA) is 33.1 Å². The predicted octanol–water partition coefficient (Wildman–Crippen LogP) is 1.37. The number of nitrogens with zero attached hydrogens (tertiary/aromatic N) is 3. The van der Waals surface area contributed by atoms with Crippen molar-refractivity contribution in [2.45, 2.75) is 26.4 Å². The lowest BCUT2D eigenvalue weighted by atomic mass is 9.89. The maximum Gasteiger partial charge on any atom is 0.0524 e. The van der Waals surface area contributed by atoms with E-state index in [1.54, 1.807) is 0 Å². The third-order valence-corrected chi connectivity index (χ3v) is 4.28. The molecule has 2 unspecified atom stereocenters. The average Bonchev–Trinajstić information content (AvgIpc) is 2.96. The number of halogens is 1. The van der Waals surface area contributed by atoms with Gasteiger partial charge in [-0.1, -0.05) is 0 Å². The van der Waals surface area contributed by atoms with Crippen LogP contribution in [0.25, 0.3) is 0 Å². The molecule has 3 rings (SSSR count). The van der Waals surface area contributed by atoms with Crippen molar-refractivity contribution in [1.82, 2.24) is 20.0 Å². The van der Waals surface area contributed by atoms with Gasteiger partial charge in [-0.2, -0.15) is 5.10 Å². The van der Waals surface area contributed by atoms with Gasteiger partial charge < -0.3 is 5.32 Å². The highest BCUT2D eigenvalue weighted by Crippen LogP contribution is 2.27. The number of aryl methyl sites for hydroxylation is 1. The zero-order valence-electron chi connectivity index (χ0n) is 11.0. The molecule has 0 amide bonds. The first kappa shape index (κ1) is 13.8. The maximum atomic E-state index is 4.34. The van der Waals surface area contributed by atoms with Crippen molar-refractivity contribution in [3.05, 3.63) is 18.0 Å². The molecule has 2 saturated heterocycles. The van der Waals surface area contributed by atoms with Crippen molar-refractivity contribution in [2.75, 3.05) is 26.2 Å². The third-order valence-electron chi connectivity index (χ3n) is 4.28. The number of fused-ring (bicyclic) bond motifs is 1. The number of likely N-dealkylation sites (tertiary alicyclic amines) is 1. The van der Waals surface area contributed by atoms with Crippen LogP contribution in [0.4, 0.5) is 0 Å². The van der Waals surface area contributed by atoms with Gasteiger partial charge in [0, 0.05) is 25.8 Å². The first-order valence-corrected chi connectivity index (χ1v) is 6.80. The summed E-state index contributed by atoms with van der Waals surface area (Å²) in [5.41, 5.74) is 1.36. The number of aromatic nitrogens is 2. The minimum atomic E-state index is 0. The van der Waals surface area contributed by atoms with E-state index >= 15 is 0 Å². The summed E-state index contributed by atoms with van der Waals surface area (Å²) in [7, 11) is 0. The lowest BCUT2D eigenvalue weighted by molar-refractivity contribution is 0.139. The smallest absolute Gasteiger partial charge is 0.0524 e. The highest BCUT2D eigenvalue weighted by atomic mass is 35.5. The second kappa shape index (κ2) is 6.04. The summed E-state index contributed by atoms with van der Waals surface area (Å²) in [6.07, 6.45) is 3.28. The molecule has 1 aromatic rings. The fourth-order valence-corrected chi connectivity index (χ4v) is 3.26. The Bertz CT molecular complexity index is 379. The Morgan fingerprint density at radius 1 is 1.39 bits per heavy atom. The normalized spacial score (nSPS) is 27.8. The van der Waals surface area contributed by atoms with Gasteiger partial charge in [0.1, 0.15) is 0 Å². The molecule has 2 aliphatic heterocycles. The molecule has 5 heteroatoms. The van der Waals surface area contributed by atoms with Gasteiger partial charge in [0.05, 0.1) is 5.69 Å². The van der Waals surface area contributed by atoms with Crippen molar-refractivity contribution in [3.8, 4) is 0 Å². The molecule has 1 aromatic heterocycles. The van der Waals surface area contributed by atoms with Gasteiger partial charge in [-0.15, -0.1) is 12.4 Å². The SMILES string of the molecule is CCn1nccc1CN1CCC2CNCC2C1.Cl. The summed E-state index contributed by atoms with van der Waals surface area (Å²) in [6.45, 7) is 9.16. The monoisotopic (exact) mass is 270 g/mol. The number of rotatable bonds is 3. The highest BCUT2D eigenvalue weighted by molar-refractivity contribution is 5.85. The molecule has 0 spiro atoms. The van der Waals surface area contributed by atoms with Gasteiger partial charge in [-0.25, -0.2) is 0 Å². The summed E-state index contributed by atoms with van der Waals surface area (Å²) in [5, 5.41) is 7.87. The van der Waals surface area contributed by atoms with E-state index in [0.29, 0.717) is 0 Å². The predicted molar refractivity (Wildman–Crippen MR) is 74.9 cm³/mol. The van der Waals surface area contributed by atoms with Crippen molar-refractivity contribution in [1.29, 1.82) is 0 Å². The minimum absolute atomic E-state index is 0. The van der Waals surface area contributed by atoms with Crippen LogP contribution in [0.15, 0.2) is 12.3 Å².